The van der Waals surface area contributed by atoms with Gasteiger partial charge in [0, 0.05) is 4.90 Å². The highest BCUT2D eigenvalue weighted by atomic mass is 32.2. The SMILES string of the molecule is CCOC(=O)c1nc(CN(C)Sc2c(C)cc(OC)cc2C)no1. The highest BCUT2D eigenvalue weighted by molar-refractivity contribution is 7.97. The van der Waals surface area contributed by atoms with E-state index in [1.165, 1.54) is 0 Å². The minimum absolute atomic E-state index is 0.123. The van der Waals surface area contributed by atoms with Gasteiger partial charge in [0.15, 0.2) is 5.82 Å². The minimum atomic E-state index is -0.603. The summed E-state index contributed by atoms with van der Waals surface area (Å²) < 4.78 is 17.0. The molecule has 0 saturated heterocycles. The highest BCUT2D eigenvalue weighted by Gasteiger charge is 2.18. The topological polar surface area (TPSA) is 77.7 Å². The normalized spacial score (nSPS) is 10.9. The Balaban J connectivity index is 2.04. The van der Waals surface area contributed by atoms with Crippen LogP contribution in [-0.2, 0) is 11.3 Å². The van der Waals surface area contributed by atoms with E-state index < -0.39 is 5.97 Å². The average molecular weight is 351 g/mol. The summed E-state index contributed by atoms with van der Waals surface area (Å²) in [5, 5.41) is 3.81. The number of benzene rings is 1. The van der Waals surface area contributed by atoms with Crippen LogP contribution in [0, 0.1) is 13.8 Å². The van der Waals surface area contributed by atoms with Crippen molar-refractivity contribution in [3.63, 3.8) is 0 Å². The Kier molecular flexibility index (Phi) is 6.22. The predicted octanol–water partition coefficient (Wildman–Crippen LogP) is 3.01. The van der Waals surface area contributed by atoms with E-state index >= 15 is 0 Å². The van der Waals surface area contributed by atoms with Gasteiger partial charge < -0.3 is 14.0 Å². The molecule has 2 aromatic rings. The fourth-order valence-corrected chi connectivity index (χ4v) is 3.05. The van der Waals surface area contributed by atoms with Crippen molar-refractivity contribution in [1.29, 1.82) is 0 Å². The van der Waals surface area contributed by atoms with Crippen LogP contribution >= 0.6 is 11.9 Å². The molecule has 1 heterocycles. The fourth-order valence-electron chi connectivity index (χ4n) is 2.15. The van der Waals surface area contributed by atoms with Crippen LogP contribution in [0.5, 0.6) is 5.75 Å². The Morgan fingerprint density at radius 2 is 2.00 bits per heavy atom. The molecule has 2 rings (SSSR count). The molecule has 0 fully saturated rings. The van der Waals surface area contributed by atoms with Crippen molar-refractivity contribution in [3.8, 4) is 5.75 Å². The van der Waals surface area contributed by atoms with Crippen molar-refractivity contribution in [3.05, 3.63) is 35.0 Å². The van der Waals surface area contributed by atoms with Crippen molar-refractivity contribution < 1.29 is 18.8 Å². The van der Waals surface area contributed by atoms with Gasteiger partial charge in [-0.2, -0.15) is 4.98 Å². The summed E-state index contributed by atoms with van der Waals surface area (Å²) in [6, 6.07) is 3.99. The third-order valence-corrected chi connectivity index (χ3v) is 4.47. The van der Waals surface area contributed by atoms with Gasteiger partial charge >= 0.3 is 11.9 Å². The molecule has 0 unspecified atom stereocenters. The van der Waals surface area contributed by atoms with E-state index in [0.717, 1.165) is 21.8 Å². The Hall–Kier alpha value is -2.06. The first kappa shape index (κ1) is 18.3. The molecule has 1 aromatic carbocycles. The van der Waals surface area contributed by atoms with Crippen LogP contribution in [0.1, 0.15) is 34.6 Å². The van der Waals surface area contributed by atoms with Gasteiger partial charge in [-0.15, -0.1) is 0 Å². The second-order valence-electron chi connectivity index (χ2n) is 5.20. The lowest BCUT2D eigenvalue weighted by atomic mass is 10.1. The number of hydrogen-bond donors (Lipinski definition) is 0. The van der Waals surface area contributed by atoms with E-state index in [1.807, 2.05) is 37.3 Å². The summed E-state index contributed by atoms with van der Waals surface area (Å²) in [6.07, 6.45) is 0. The lowest BCUT2D eigenvalue weighted by molar-refractivity contribution is 0.0470. The lowest BCUT2D eigenvalue weighted by Crippen LogP contribution is -2.11. The zero-order valence-corrected chi connectivity index (χ0v) is 15.3. The summed E-state index contributed by atoms with van der Waals surface area (Å²) in [4.78, 5) is 16.7. The first-order valence-corrected chi connectivity index (χ1v) is 8.26. The molecule has 0 bridgehead atoms. The Morgan fingerprint density at radius 1 is 1.33 bits per heavy atom. The van der Waals surface area contributed by atoms with Gasteiger partial charge in [0.05, 0.1) is 20.3 Å². The number of hydrogen-bond acceptors (Lipinski definition) is 8. The zero-order chi connectivity index (χ0) is 17.7. The maximum absolute atomic E-state index is 11.5. The van der Waals surface area contributed by atoms with Gasteiger partial charge in [0.2, 0.25) is 0 Å². The lowest BCUT2D eigenvalue weighted by Gasteiger charge is -2.17. The van der Waals surface area contributed by atoms with Crippen molar-refractivity contribution in [2.24, 2.45) is 0 Å². The molecule has 0 radical (unpaired) electrons. The number of ether oxygens (including phenoxy) is 2. The maximum atomic E-state index is 11.5. The van der Waals surface area contributed by atoms with Crippen LogP contribution < -0.4 is 4.74 Å². The third-order valence-electron chi connectivity index (χ3n) is 3.20. The van der Waals surface area contributed by atoms with Crippen LogP contribution in [0.2, 0.25) is 0 Å². The number of carbonyl (C=O) groups excluding carboxylic acids is 1. The molecule has 1 aromatic heterocycles. The molecule has 130 valence electrons. The van der Waals surface area contributed by atoms with E-state index in [-0.39, 0.29) is 12.5 Å². The van der Waals surface area contributed by atoms with Gasteiger partial charge in [-0.1, -0.05) is 5.16 Å². The molecule has 0 aliphatic heterocycles. The van der Waals surface area contributed by atoms with Crippen molar-refractivity contribution in [1.82, 2.24) is 14.4 Å². The number of aryl methyl sites for hydroxylation is 2. The molecule has 0 aliphatic carbocycles. The first-order chi connectivity index (χ1) is 11.4. The van der Waals surface area contributed by atoms with Crippen molar-refractivity contribution >= 4 is 17.9 Å². The van der Waals surface area contributed by atoms with Crippen molar-refractivity contribution in [2.75, 3.05) is 20.8 Å². The molecule has 0 amide bonds. The van der Waals surface area contributed by atoms with E-state index in [4.69, 9.17) is 14.0 Å². The highest BCUT2D eigenvalue weighted by Crippen LogP contribution is 2.32. The quantitative estimate of drug-likeness (QED) is 0.556. The number of nitrogens with zero attached hydrogens (tertiary/aromatic N) is 3. The number of esters is 1. The molecule has 7 nitrogen and oxygen atoms in total. The van der Waals surface area contributed by atoms with Gasteiger partial charge in [0.25, 0.3) is 0 Å². The van der Waals surface area contributed by atoms with E-state index in [1.54, 1.807) is 26.0 Å². The van der Waals surface area contributed by atoms with E-state index in [0.29, 0.717) is 12.4 Å². The summed E-state index contributed by atoms with van der Waals surface area (Å²) >= 11 is 1.58. The number of aromatic nitrogens is 2. The zero-order valence-electron chi connectivity index (χ0n) is 14.5. The summed E-state index contributed by atoms with van der Waals surface area (Å²) in [5.41, 5.74) is 2.26. The summed E-state index contributed by atoms with van der Waals surface area (Å²) in [5.74, 6) is 0.543. The second-order valence-corrected chi connectivity index (χ2v) is 6.42. The van der Waals surface area contributed by atoms with Gasteiger partial charge in [-0.05, 0) is 63.0 Å². The summed E-state index contributed by atoms with van der Waals surface area (Å²) in [6.45, 7) is 6.50. The Labute approximate surface area is 145 Å². The molecule has 8 heteroatoms. The molecule has 24 heavy (non-hydrogen) atoms. The van der Waals surface area contributed by atoms with Gasteiger partial charge in [0.1, 0.15) is 5.75 Å². The van der Waals surface area contributed by atoms with Gasteiger partial charge in [-0.25, -0.2) is 9.10 Å². The largest absolute Gasteiger partial charge is 0.497 e. The maximum Gasteiger partial charge on any atom is 0.397 e. The van der Waals surface area contributed by atoms with Gasteiger partial charge in [-0.3, -0.25) is 0 Å². The van der Waals surface area contributed by atoms with Crippen LogP contribution in [0.4, 0.5) is 0 Å². The van der Waals surface area contributed by atoms with Crippen LogP contribution in [0.15, 0.2) is 21.6 Å². The van der Waals surface area contributed by atoms with Crippen LogP contribution in [-0.4, -0.2) is 41.2 Å². The summed E-state index contributed by atoms with van der Waals surface area (Å²) in [7, 11) is 3.58. The Bertz CT molecular complexity index is 694. The molecule has 0 aliphatic rings. The predicted molar refractivity (Wildman–Crippen MR) is 90.0 cm³/mol. The third kappa shape index (κ3) is 4.48. The van der Waals surface area contributed by atoms with Crippen LogP contribution in [0.25, 0.3) is 0 Å². The van der Waals surface area contributed by atoms with Crippen molar-refractivity contribution in [2.45, 2.75) is 32.2 Å². The fraction of sp³-hybridized carbons (Fsp3) is 0.438. The molecule has 0 spiro atoms. The number of carbonyl (C=O) groups is 1. The van der Waals surface area contributed by atoms with E-state index in [9.17, 15) is 4.79 Å². The monoisotopic (exact) mass is 351 g/mol. The molecular formula is C16H21N3O4S. The van der Waals surface area contributed by atoms with Crippen LogP contribution in [0.3, 0.4) is 0 Å². The Morgan fingerprint density at radius 3 is 2.58 bits per heavy atom. The second kappa shape index (κ2) is 8.16. The minimum Gasteiger partial charge on any atom is -0.497 e. The average Bonchev–Trinajstić information content (AvgIpc) is 2.99. The number of rotatable bonds is 7. The number of methoxy groups -OCH3 is 1. The van der Waals surface area contributed by atoms with E-state index in [2.05, 4.69) is 10.1 Å². The molecule has 0 saturated carbocycles. The molecule has 0 atom stereocenters. The molecular weight excluding hydrogens is 330 g/mol. The standard InChI is InChI=1S/C16H21N3O4S/c1-6-22-16(20)15-17-13(18-23-15)9-19(4)24-14-10(2)7-12(21-5)8-11(14)3/h7-8H,6,9H2,1-5H3. The smallest absolute Gasteiger partial charge is 0.397 e. The first-order valence-electron chi connectivity index (χ1n) is 7.48. The molecule has 0 N–H and O–H groups in total.